The number of hydrogen-bond donors (Lipinski definition) is 2. The molecule has 6 heavy (non-hydrogen) atoms. The van der Waals surface area contributed by atoms with Crippen LogP contribution in [-0.4, -0.2) is 37.7 Å². The van der Waals surface area contributed by atoms with Gasteiger partial charge >= 0.3 is 37.7 Å². The molecule has 5 N–H and O–H groups in total. The standard InChI is InChI=1S/CH2N2.CH4.Ca.H3N.2H/c2-1-3;;;;;/h2H2;1H4;;1H3;;. The molecule has 0 spiro atoms. The first-order valence-electron chi connectivity index (χ1n) is 0.512. The van der Waals surface area contributed by atoms with Gasteiger partial charge in [0.05, 0.1) is 0 Å². The monoisotopic (exact) mass is 117 g/mol. The van der Waals surface area contributed by atoms with Crippen molar-refractivity contribution in [3.63, 3.8) is 0 Å². The van der Waals surface area contributed by atoms with Crippen LogP contribution in [-0.2, 0) is 0 Å². The van der Waals surface area contributed by atoms with E-state index in [9.17, 15) is 0 Å². The molecular weight excluding hydrogens is 106 g/mol. The molecule has 0 aliphatic heterocycles. The zero-order valence-corrected chi connectivity index (χ0v) is 2.23. The molecule has 0 saturated heterocycles. The van der Waals surface area contributed by atoms with Crippen molar-refractivity contribution in [1.29, 1.82) is 5.26 Å². The third kappa shape index (κ3) is 214. The van der Waals surface area contributed by atoms with E-state index in [1.54, 1.807) is 0 Å². The summed E-state index contributed by atoms with van der Waals surface area (Å²) in [6.45, 7) is 0. The van der Waals surface area contributed by atoms with Crippen molar-refractivity contribution in [3.8, 4) is 6.19 Å². The summed E-state index contributed by atoms with van der Waals surface area (Å²) in [7, 11) is 0. The van der Waals surface area contributed by atoms with E-state index in [-0.39, 0.29) is 51.3 Å². The fourth-order valence-corrected chi connectivity index (χ4v) is 0. The molecule has 0 aromatic heterocycles. The SMILES string of the molecule is C.N.N#CN.[CaH2]. The minimum atomic E-state index is 0. The molecule has 0 heterocycles. The second-order valence-electron chi connectivity index (χ2n) is 0.129. The van der Waals surface area contributed by atoms with Gasteiger partial charge in [-0.25, -0.2) is 0 Å². The van der Waals surface area contributed by atoms with Gasteiger partial charge in [0, 0.05) is 0 Å². The number of nitrogens with zero attached hydrogens (tertiary/aromatic N) is 1. The quantitative estimate of drug-likeness (QED) is 0.250. The van der Waals surface area contributed by atoms with Crippen LogP contribution < -0.4 is 11.9 Å². The van der Waals surface area contributed by atoms with E-state index in [2.05, 4.69) is 5.73 Å². The third-order valence-electron chi connectivity index (χ3n) is 0. The van der Waals surface area contributed by atoms with Gasteiger partial charge < -0.3 is 11.9 Å². The summed E-state index contributed by atoms with van der Waals surface area (Å²) in [5.41, 5.74) is 4.15. The fraction of sp³-hybridized carbons (Fsp3) is 0.500. The predicted molar refractivity (Wildman–Crippen MR) is 30.1 cm³/mol. The number of nitrogens with two attached hydrogens (primary N) is 1. The molecule has 3 nitrogen and oxygen atoms in total. The number of rotatable bonds is 0. The first kappa shape index (κ1) is 31.4. The van der Waals surface area contributed by atoms with Crippen molar-refractivity contribution in [2.75, 3.05) is 0 Å². The Morgan fingerprint density at radius 3 is 1.50 bits per heavy atom. The van der Waals surface area contributed by atoms with Crippen LogP contribution in [0.4, 0.5) is 0 Å². The molecule has 0 fully saturated rings. The van der Waals surface area contributed by atoms with Gasteiger partial charge in [0.1, 0.15) is 0 Å². The van der Waals surface area contributed by atoms with E-state index in [1.807, 2.05) is 0 Å². The average molecular weight is 117 g/mol. The minimum absolute atomic E-state index is 0. The summed E-state index contributed by atoms with van der Waals surface area (Å²) in [5, 5.41) is 7.10. The Bertz CT molecular complexity index is 30.3. The van der Waals surface area contributed by atoms with Crippen molar-refractivity contribution >= 4 is 37.7 Å². The molecule has 0 amide bonds. The van der Waals surface area contributed by atoms with Gasteiger partial charge in [-0.05, 0) is 0 Å². The van der Waals surface area contributed by atoms with Crippen molar-refractivity contribution in [2.24, 2.45) is 5.73 Å². The summed E-state index contributed by atoms with van der Waals surface area (Å²) in [4.78, 5) is 0. The molecule has 0 radical (unpaired) electrons. The normalized spacial score (nSPS) is 1.17. The van der Waals surface area contributed by atoms with Crippen molar-refractivity contribution in [3.05, 3.63) is 0 Å². The van der Waals surface area contributed by atoms with Gasteiger partial charge in [-0.1, -0.05) is 7.43 Å². The van der Waals surface area contributed by atoms with Gasteiger partial charge in [-0.15, -0.1) is 0 Å². The Kier molecular flexibility index (Phi) is 257. The Labute approximate surface area is 68.1 Å². The van der Waals surface area contributed by atoms with E-state index in [0.29, 0.717) is 0 Å². The molecule has 0 aromatic carbocycles. The first-order valence-corrected chi connectivity index (χ1v) is 0.512. The summed E-state index contributed by atoms with van der Waals surface area (Å²) in [6, 6.07) is 0. The van der Waals surface area contributed by atoms with Crippen LogP contribution in [0.15, 0.2) is 0 Å². The molecule has 0 bridgehead atoms. The van der Waals surface area contributed by atoms with Crippen molar-refractivity contribution in [1.82, 2.24) is 6.15 Å². The third-order valence-corrected chi connectivity index (χ3v) is 0. The summed E-state index contributed by atoms with van der Waals surface area (Å²) in [5.74, 6) is 0. The second-order valence-corrected chi connectivity index (χ2v) is 0.129. The second kappa shape index (κ2) is 49.2. The summed E-state index contributed by atoms with van der Waals surface area (Å²) >= 11 is 0. The summed E-state index contributed by atoms with van der Waals surface area (Å²) < 4.78 is 0. The van der Waals surface area contributed by atoms with Crippen molar-refractivity contribution < 1.29 is 0 Å². The van der Waals surface area contributed by atoms with Gasteiger partial charge in [-0.2, -0.15) is 5.26 Å². The zero-order valence-electron chi connectivity index (χ0n) is 2.23. The zero-order chi connectivity index (χ0) is 2.71. The topological polar surface area (TPSA) is 84.8 Å². The van der Waals surface area contributed by atoms with Gasteiger partial charge in [-0.3, -0.25) is 0 Å². The first-order chi connectivity index (χ1) is 1.41. The van der Waals surface area contributed by atoms with E-state index < -0.39 is 0 Å². The van der Waals surface area contributed by atoms with Crippen LogP contribution in [0, 0.1) is 11.5 Å². The van der Waals surface area contributed by atoms with Crippen LogP contribution in [0.3, 0.4) is 0 Å². The molecule has 36 valence electrons. The Hall–Kier alpha value is 0.510. The number of hydrogen-bond acceptors (Lipinski definition) is 3. The molecular formula is C2H11CaN3. The molecule has 0 unspecified atom stereocenters. The van der Waals surface area contributed by atoms with E-state index in [4.69, 9.17) is 5.26 Å². The van der Waals surface area contributed by atoms with Gasteiger partial charge in [0.25, 0.3) is 0 Å². The van der Waals surface area contributed by atoms with Crippen LogP contribution in [0.5, 0.6) is 0 Å². The molecule has 0 aliphatic rings. The predicted octanol–water partition coefficient (Wildman–Crippen LogP) is -0.692. The Balaban J connectivity index is -0.00000000667. The number of nitriles is 1. The summed E-state index contributed by atoms with van der Waals surface area (Å²) in [6.07, 6.45) is 1.25. The maximum absolute atomic E-state index is 7.10. The van der Waals surface area contributed by atoms with Crippen LogP contribution in [0.25, 0.3) is 0 Å². The molecule has 0 aliphatic carbocycles. The average Bonchev–Trinajstić information content (AvgIpc) is 0.918. The molecule has 0 saturated carbocycles. The molecule has 0 atom stereocenters. The van der Waals surface area contributed by atoms with Crippen LogP contribution in [0.2, 0.25) is 0 Å². The van der Waals surface area contributed by atoms with Crippen LogP contribution >= 0.6 is 0 Å². The van der Waals surface area contributed by atoms with Crippen molar-refractivity contribution in [2.45, 2.75) is 7.43 Å². The van der Waals surface area contributed by atoms with Crippen LogP contribution in [0.1, 0.15) is 7.43 Å². The van der Waals surface area contributed by atoms with Gasteiger partial charge in [0.15, 0.2) is 6.19 Å². The van der Waals surface area contributed by atoms with E-state index in [1.165, 1.54) is 6.19 Å². The van der Waals surface area contributed by atoms with E-state index in [0.717, 1.165) is 0 Å². The Morgan fingerprint density at radius 2 is 1.50 bits per heavy atom. The molecule has 4 heteroatoms. The van der Waals surface area contributed by atoms with E-state index >= 15 is 0 Å². The molecule has 0 aromatic rings. The van der Waals surface area contributed by atoms with Gasteiger partial charge in [0.2, 0.25) is 0 Å². The fourth-order valence-electron chi connectivity index (χ4n) is 0. The maximum atomic E-state index is 7.10. The Morgan fingerprint density at radius 1 is 1.50 bits per heavy atom. The molecule has 0 rings (SSSR count).